The van der Waals surface area contributed by atoms with Crippen LogP contribution in [0.4, 0.5) is 10.2 Å². The Hall–Kier alpha value is -3.76. The number of anilines is 1. The molecule has 1 fully saturated rings. The number of terminal acetylenes is 2. The fourth-order valence-electron chi connectivity index (χ4n) is 4.11. The zero-order valence-electron chi connectivity index (χ0n) is 19.6. The Morgan fingerprint density at radius 3 is 2.71 bits per heavy atom. The molecule has 0 saturated carbocycles. The minimum absolute atomic E-state index is 0.0386. The van der Waals surface area contributed by atoms with Gasteiger partial charge in [-0.15, -0.1) is 25.7 Å². The predicted molar refractivity (Wildman–Crippen MR) is 131 cm³/mol. The second-order valence-corrected chi connectivity index (χ2v) is 7.89. The van der Waals surface area contributed by atoms with Gasteiger partial charge in [-0.3, -0.25) is 15.6 Å². The molecule has 2 aliphatic rings. The van der Waals surface area contributed by atoms with E-state index in [2.05, 4.69) is 46.7 Å². The molecule has 2 aliphatic heterocycles. The molecule has 2 atom stereocenters. The van der Waals surface area contributed by atoms with Crippen molar-refractivity contribution >= 4 is 22.6 Å². The predicted octanol–water partition coefficient (Wildman–Crippen LogP) is 1.70. The van der Waals surface area contributed by atoms with Crippen molar-refractivity contribution in [1.29, 1.82) is 5.41 Å². The molecule has 1 aromatic heterocycles. The number of carbonyl (C=O) groups excluding carboxylic acids is 1. The van der Waals surface area contributed by atoms with Gasteiger partial charge in [0.15, 0.2) is 11.6 Å². The Labute approximate surface area is 199 Å². The minimum Gasteiger partial charge on any atom is -0.494 e. The Morgan fingerprint density at radius 1 is 1.32 bits per heavy atom. The maximum Gasteiger partial charge on any atom is 0.243 e. The van der Waals surface area contributed by atoms with E-state index in [1.54, 1.807) is 4.68 Å². The fraction of sp³-hybridized carbons (Fsp3) is 0.458. The number of halogens is 1. The average molecular weight is 470 g/mol. The van der Waals surface area contributed by atoms with Gasteiger partial charge in [-0.25, -0.2) is 14.1 Å². The molecule has 4 rings (SSSR count). The van der Waals surface area contributed by atoms with Crippen molar-refractivity contribution in [3.63, 3.8) is 0 Å². The van der Waals surface area contributed by atoms with Crippen LogP contribution >= 0.6 is 0 Å². The van der Waals surface area contributed by atoms with Crippen LogP contribution in [0.15, 0.2) is 12.1 Å². The Morgan fingerprint density at radius 2 is 2.06 bits per heavy atom. The molecule has 0 radical (unpaired) electrons. The maximum absolute atomic E-state index is 14.2. The van der Waals surface area contributed by atoms with Crippen LogP contribution in [0.25, 0.3) is 10.9 Å². The van der Waals surface area contributed by atoms with E-state index in [0.717, 1.165) is 45.3 Å². The summed E-state index contributed by atoms with van der Waals surface area (Å²) in [4.78, 5) is 18.4. The van der Waals surface area contributed by atoms with Crippen LogP contribution in [0.2, 0.25) is 0 Å². The summed E-state index contributed by atoms with van der Waals surface area (Å²) in [7, 11) is 3.27. The van der Waals surface area contributed by atoms with Crippen molar-refractivity contribution in [2.45, 2.75) is 31.8 Å². The third-order valence-corrected chi connectivity index (χ3v) is 5.80. The number of hydrogen-bond acceptors (Lipinski definition) is 7. The van der Waals surface area contributed by atoms with Gasteiger partial charge in [0.05, 0.1) is 18.5 Å². The zero-order valence-corrected chi connectivity index (χ0v) is 19.6. The van der Waals surface area contributed by atoms with Crippen LogP contribution in [0.1, 0.15) is 25.7 Å². The molecule has 4 N–H and O–H groups in total. The summed E-state index contributed by atoms with van der Waals surface area (Å²) in [6, 6.07) is 2.88. The Balaban J connectivity index is 0.000000970. The number of methoxy groups -OCH3 is 1. The second-order valence-electron chi connectivity index (χ2n) is 7.89. The monoisotopic (exact) mass is 469 g/mol. The lowest BCUT2D eigenvalue weighted by Gasteiger charge is -2.21. The van der Waals surface area contributed by atoms with E-state index in [1.807, 2.05) is 11.9 Å². The molecule has 0 aliphatic carbocycles. The second kappa shape index (κ2) is 12.5. The lowest BCUT2D eigenvalue weighted by Crippen LogP contribution is -2.35. The average Bonchev–Trinajstić information content (AvgIpc) is 3.55. The van der Waals surface area contributed by atoms with Crippen molar-refractivity contribution in [2.75, 3.05) is 44.5 Å². The van der Waals surface area contributed by atoms with Gasteiger partial charge in [0.25, 0.3) is 0 Å². The SMILES string of the molecule is C#C.C#C.COc1cc2nc(=N)n3c(c2cc1F)NC(CCCCN(C)C(=O)[C@H]1CCNC1)N3. The van der Waals surface area contributed by atoms with Gasteiger partial charge in [-0.05, 0) is 38.3 Å². The molecular formula is C24H32FN7O2. The normalized spacial score (nSPS) is 17.7. The van der Waals surface area contributed by atoms with Crippen LogP contribution in [0.5, 0.6) is 5.75 Å². The van der Waals surface area contributed by atoms with Crippen LogP contribution in [0.3, 0.4) is 0 Å². The molecule has 1 aromatic carbocycles. The summed E-state index contributed by atoms with van der Waals surface area (Å²) in [5.41, 5.74) is 3.75. The number of aromatic nitrogens is 2. The van der Waals surface area contributed by atoms with Crippen molar-refractivity contribution < 1.29 is 13.9 Å². The van der Waals surface area contributed by atoms with E-state index in [1.165, 1.54) is 19.2 Å². The number of amides is 1. The first-order chi connectivity index (χ1) is 16.5. The zero-order chi connectivity index (χ0) is 25.3. The number of rotatable bonds is 7. The number of fused-ring (bicyclic) bond motifs is 3. The van der Waals surface area contributed by atoms with Gasteiger partial charge < -0.3 is 20.3 Å². The van der Waals surface area contributed by atoms with Crippen LogP contribution < -0.4 is 26.4 Å². The minimum atomic E-state index is -0.470. The largest absolute Gasteiger partial charge is 0.494 e. The van der Waals surface area contributed by atoms with E-state index in [4.69, 9.17) is 10.1 Å². The van der Waals surface area contributed by atoms with E-state index >= 15 is 0 Å². The highest BCUT2D eigenvalue weighted by Gasteiger charge is 2.26. The highest BCUT2D eigenvalue weighted by molar-refractivity contribution is 5.91. The first-order valence-electron chi connectivity index (χ1n) is 11.0. The van der Waals surface area contributed by atoms with Crippen molar-refractivity contribution in [2.24, 2.45) is 5.92 Å². The number of nitrogens with zero attached hydrogens (tertiary/aromatic N) is 3. The molecule has 1 amide bonds. The summed E-state index contributed by atoms with van der Waals surface area (Å²) < 4.78 is 20.8. The number of unbranched alkanes of at least 4 members (excludes halogenated alkanes) is 1. The van der Waals surface area contributed by atoms with Crippen LogP contribution in [-0.2, 0) is 4.79 Å². The molecule has 9 nitrogen and oxygen atoms in total. The molecule has 10 heteroatoms. The lowest BCUT2D eigenvalue weighted by molar-refractivity contribution is -0.133. The molecule has 1 saturated heterocycles. The van der Waals surface area contributed by atoms with Gasteiger partial charge in [0.1, 0.15) is 12.0 Å². The molecule has 3 heterocycles. The van der Waals surface area contributed by atoms with Crippen molar-refractivity contribution in [3.8, 4) is 31.4 Å². The smallest absolute Gasteiger partial charge is 0.243 e. The molecule has 1 unspecified atom stereocenters. The standard InChI is InChI=1S/C20H28FN7O2.2C2H2/c1-27(19(29)12-6-7-23-11-12)8-4-3-5-17-25-18-13-9-14(21)16(30-2)10-15(13)24-20(22)28(18)26-17;2*1-2/h9-10,12,17,22-23,25-26H,3-8,11H2,1-2H3;2*1-2H/t12-,17?;;/m0../s1. The van der Waals surface area contributed by atoms with E-state index in [9.17, 15) is 9.18 Å². The number of carbonyl (C=O) groups is 1. The summed E-state index contributed by atoms with van der Waals surface area (Å²) in [6.07, 6.45) is 19.4. The number of benzene rings is 1. The number of hydrogen-bond donors (Lipinski definition) is 4. The summed E-state index contributed by atoms with van der Waals surface area (Å²) in [6.45, 7) is 2.42. The number of nitrogens with one attached hydrogen (secondary N) is 4. The maximum atomic E-state index is 14.2. The van der Waals surface area contributed by atoms with E-state index < -0.39 is 5.82 Å². The van der Waals surface area contributed by atoms with E-state index in [0.29, 0.717) is 16.7 Å². The molecule has 2 aromatic rings. The summed E-state index contributed by atoms with van der Waals surface area (Å²) in [5.74, 6) is 0.581. The highest BCUT2D eigenvalue weighted by Crippen LogP contribution is 2.29. The van der Waals surface area contributed by atoms with Gasteiger partial charge in [0, 0.05) is 31.6 Å². The first kappa shape index (κ1) is 26.5. The summed E-state index contributed by atoms with van der Waals surface area (Å²) in [5, 5.41) is 15.3. The fourth-order valence-corrected chi connectivity index (χ4v) is 4.11. The third-order valence-electron chi connectivity index (χ3n) is 5.80. The van der Waals surface area contributed by atoms with Gasteiger partial charge >= 0.3 is 0 Å². The quantitative estimate of drug-likeness (QED) is 0.363. The molecule has 0 spiro atoms. The van der Waals surface area contributed by atoms with Gasteiger partial charge in [-0.2, -0.15) is 0 Å². The molecule has 34 heavy (non-hydrogen) atoms. The lowest BCUT2D eigenvalue weighted by atomic mass is 10.1. The van der Waals surface area contributed by atoms with Crippen LogP contribution in [0, 0.1) is 42.8 Å². The highest BCUT2D eigenvalue weighted by atomic mass is 19.1. The van der Waals surface area contributed by atoms with Crippen LogP contribution in [-0.4, -0.2) is 60.4 Å². The van der Waals surface area contributed by atoms with Gasteiger partial charge in [-0.1, -0.05) is 0 Å². The number of ether oxygens (including phenoxy) is 1. The van der Waals surface area contributed by atoms with E-state index in [-0.39, 0.29) is 29.4 Å². The Kier molecular flexibility index (Phi) is 9.72. The van der Waals surface area contributed by atoms with Gasteiger partial charge in [0.2, 0.25) is 11.5 Å². The van der Waals surface area contributed by atoms with Crippen molar-refractivity contribution in [1.82, 2.24) is 19.9 Å². The third kappa shape index (κ3) is 5.77. The topological polar surface area (TPSA) is 107 Å². The Bertz CT molecular complexity index is 1080. The molecule has 0 bridgehead atoms. The first-order valence-corrected chi connectivity index (χ1v) is 11.0. The molecule has 182 valence electrons. The summed E-state index contributed by atoms with van der Waals surface area (Å²) >= 11 is 0. The van der Waals surface area contributed by atoms with Crippen molar-refractivity contribution in [3.05, 3.63) is 23.6 Å². The molecular weight excluding hydrogens is 437 g/mol.